The third-order valence-electron chi connectivity index (χ3n) is 5.27. The second-order valence-electron chi connectivity index (χ2n) is 7.45. The van der Waals surface area contributed by atoms with Gasteiger partial charge in [0.05, 0.1) is 10.4 Å². The van der Waals surface area contributed by atoms with Crippen molar-refractivity contribution in [1.82, 2.24) is 4.98 Å². The number of carbonyl (C=O) groups excluding carboxylic acids is 1. The van der Waals surface area contributed by atoms with Crippen molar-refractivity contribution in [2.75, 3.05) is 0 Å². The first-order valence-corrected chi connectivity index (χ1v) is 10.8. The topological polar surface area (TPSA) is 83.6 Å². The summed E-state index contributed by atoms with van der Waals surface area (Å²) in [6.07, 6.45) is -3.60. The molecule has 0 aliphatic carbocycles. The summed E-state index contributed by atoms with van der Waals surface area (Å²) < 4.78 is 46.5. The van der Waals surface area contributed by atoms with Crippen LogP contribution >= 0.6 is 11.3 Å². The molecule has 2 N–H and O–H groups in total. The molecule has 0 atom stereocenters. The van der Waals surface area contributed by atoms with Crippen molar-refractivity contribution in [3.63, 3.8) is 0 Å². The number of nitrogens with zero attached hydrogens (tertiary/aromatic N) is 1. The molecule has 5 rings (SSSR count). The van der Waals surface area contributed by atoms with Crippen molar-refractivity contribution in [2.45, 2.75) is 6.18 Å². The average Bonchev–Trinajstić information content (AvgIpc) is 3.41. The Balaban J connectivity index is 1.68. The van der Waals surface area contributed by atoms with Crippen LogP contribution in [-0.4, -0.2) is 21.0 Å². The van der Waals surface area contributed by atoms with E-state index in [1.807, 2.05) is 0 Å². The van der Waals surface area contributed by atoms with Gasteiger partial charge in [-0.05, 0) is 42.0 Å². The highest BCUT2D eigenvalue weighted by molar-refractivity contribution is 7.21. The molecule has 0 aliphatic rings. The van der Waals surface area contributed by atoms with Gasteiger partial charge in [0, 0.05) is 26.8 Å². The first kappa shape index (κ1) is 21.7. The van der Waals surface area contributed by atoms with E-state index in [-0.39, 0.29) is 22.4 Å². The molecule has 0 aliphatic heterocycles. The smallest absolute Gasteiger partial charge is 0.417 e. The number of halogens is 3. The number of hydrogen-bond acceptors (Lipinski definition) is 6. The summed E-state index contributed by atoms with van der Waals surface area (Å²) >= 11 is 1.02. The van der Waals surface area contributed by atoms with Crippen LogP contribution in [0.5, 0.6) is 11.6 Å². The molecule has 0 saturated heterocycles. The van der Waals surface area contributed by atoms with E-state index in [0.717, 1.165) is 29.7 Å². The Hall–Kier alpha value is -4.11. The number of carbonyl (C=O) groups is 1. The Labute approximate surface area is 194 Å². The fourth-order valence-electron chi connectivity index (χ4n) is 3.76. The Morgan fingerprint density at radius 1 is 0.941 bits per heavy atom. The Morgan fingerprint density at radius 2 is 1.65 bits per heavy atom. The molecule has 5 aromatic rings. The number of phenols is 1. The van der Waals surface area contributed by atoms with Crippen LogP contribution in [0.3, 0.4) is 0 Å². The van der Waals surface area contributed by atoms with E-state index in [1.165, 1.54) is 24.3 Å². The maximum Gasteiger partial charge on any atom is 0.417 e. The monoisotopic (exact) mass is 481 g/mol. The lowest BCUT2D eigenvalue weighted by Gasteiger charge is -2.12. The van der Waals surface area contributed by atoms with Gasteiger partial charge in [-0.15, -0.1) is 11.3 Å². The van der Waals surface area contributed by atoms with Gasteiger partial charge in [0.15, 0.2) is 6.26 Å². The number of aromatic nitrogens is 1. The number of fused-ring (bicyclic) bond motifs is 1. The SMILES string of the molecule is O=C(c1ccccc1C(F)(F)F)c1sc2cc(O)ccc2c1-c1ccc(-c2nc(O)co2)cc1. The highest BCUT2D eigenvalue weighted by Crippen LogP contribution is 2.43. The number of aromatic hydroxyl groups is 2. The van der Waals surface area contributed by atoms with Gasteiger partial charge in [-0.25, -0.2) is 0 Å². The van der Waals surface area contributed by atoms with E-state index in [9.17, 15) is 28.2 Å². The summed E-state index contributed by atoms with van der Waals surface area (Å²) in [4.78, 5) is 17.4. The van der Waals surface area contributed by atoms with Crippen molar-refractivity contribution in [3.8, 4) is 34.2 Å². The second kappa shape index (κ2) is 8.03. The molecule has 2 aromatic heterocycles. The van der Waals surface area contributed by atoms with E-state index in [1.54, 1.807) is 30.3 Å². The number of hydrogen-bond donors (Lipinski definition) is 2. The van der Waals surface area contributed by atoms with Crippen LogP contribution < -0.4 is 0 Å². The average molecular weight is 481 g/mol. The molecule has 2 heterocycles. The summed E-state index contributed by atoms with van der Waals surface area (Å²) in [5, 5.41) is 19.9. The standard InChI is InChI=1S/C25H14F3NO4S/c26-25(27,28)18-4-2-1-3-16(18)22(32)23-21(17-10-9-15(30)11-19(17)34-23)13-5-7-14(8-6-13)24-29-20(31)12-33-24/h1-12,30-31H. The summed E-state index contributed by atoms with van der Waals surface area (Å²) in [5.74, 6) is -0.849. The molecular formula is C25H14F3NO4S. The maximum absolute atomic E-state index is 13.6. The fraction of sp³-hybridized carbons (Fsp3) is 0.0400. The largest absolute Gasteiger partial charge is 0.508 e. The number of thiophene rings is 1. The van der Waals surface area contributed by atoms with Crippen LogP contribution in [0.2, 0.25) is 0 Å². The third-order valence-corrected chi connectivity index (χ3v) is 6.42. The minimum atomic E-state index is -4.69. The molecule has 5 nitrogen and oxygen atoms in total. The van der Waals surface area contributed by atoms with Crippen molar-refractivity contribution < 1.29 is 32.6 Å². The Bertz CT molecular complexity index is 1530. The van der Waals surface area contributed by atoms with Gasteiger partial charge in [-0.2, -0.15) is 18.2 Å². The zero-order chi connectivity index (χ0) is 24.0. The number of alkyl halides is 3. The highest BCUT2D eigenvalue weighted by Gasteiger charge is 2.36. The normalized spacial score (nSPS) is 11.7. The van der Waals surface area contributed by atoms with Crippen molar-refractivity contribution in [3.05, 3.63) is 89.0 Å². The van der Waals surface area contributed by atoms with Crippen LogP contribution in [0.15, 0.2) is 77.4 Å². The van der Waals surface area contributed by atoms with Crippen molar-refractivity contribution in [1.29, 1.82) is 0 Å². The van der Waals surface area contributed by atoms with Crippen LogP contribution in [-0.2, 0) is 6.18 Å². The van der Waals surface area contributed by atoms with Gasteiger partial charge in [-0.1, -0.05) is 30.3 Å². The fourth-order valence-corrected chi connectivity index (χ4v) is 4.97. The molecule has 0 saturated carbocycles. The predicted octanol–water partition coefficient (Wildman–Crippen LogP) is 6.88. The Kier molecular flexibility index (Phi) is 5.13. The van der Waals surface area contributed by atoms with Crippen molar-refractivity contribution in [2.24, 2.45) is 0 Å². The van der Waals surface area contributed by atoms with Gasteiger partial charge >= 0.3 is 6.18 Å². The number of phenolic OH excluding ortho intramolecular Hbond substituents is 1. The quantitative estimate of drug-likeness (QED) is 0.273. The zero-order valence-electron chi connectivity index (χ0n) is 17.1. The van der Waals surface area contributed by atoms with Gasteiger partial charge in [-0.3, -0.25) is 4.79 Å². The Morgan fingerprint density at radius 3 is 2.32 bits per heavy atom. The van der Waals surface area contributed by atoms with Gasteiger partial charge in [0.1, 0.15) is 5.75 Å². The number of benzene rings is 3. The maximum atomic E-state index is 13.6. The molecular weight excluding hydrogens is 467 g/mol. The molecule has 0 spiro atoms. The second-order valence-corrected chi connectivity index (χ2v) is 8.50. The predicted molar refractivity (Wildman–Crippen MR) is 121 cm³/mol. The highest BCUT2D eigenvalue weighted by atomic mass is 32.1. The summed E-state index contributed by atoms with van der Waals surface area (Å²) in [5.41, 5.74) is 0.161. The number of rotatable bonds is 4. The number of oxazole rings is 1. The molecule has 9 heteroatoms. The molecule has 170 valence electrons. The van der Waals surface area contributed by atoms with Crippen LogP contribution in [0.1, 0.15) is 20.8 Å². The van der Waals surface area contributed by atoms with Crippen LogP contribution in [0, 0.1) is 0 Å². The van der Waals surface area contributed by atoms with E-state index in [2.05, 4.69) is 4.98 Å². The van der Waals surface area contributed by atoms with E-state index >= 15 is 0 Å². The molecule has 0 radical (unpaired) electrons. The molecule has 0 amide bonds. The zero-order valence-corrected chi connectivity index (χ0v) is 17.9. The molecule has 0 bridgehead atoms. The lowest BCUT2D eigenvalue weighted by Crippen LogP contribution is -2.13. The van der Waals surface area contributed by atoms with Crippen molar-refractivity contribution >= 4 is 27.2 Å². The molecule has 0 unspecified atom stereocenters. The van der Waals surface area contributed by atoms with E-state index < -0.39 is 23.1 Å². The van der Waals surface area contributed by atoms with Crippen LogP contribution in [0.4, 0.5) is 13.2 Å². The lowest BCUT2D eigenvalue weighted by molar-refractivity contribution is -0.137. The summed E-state index contributed by atoms with van der Waals surface area (Å²) in [6.45, 7) is 0. The molecule has 34 heavy (non-hydrogen) atoms. The summed E-state index contributed by atoms with van der Waals surface area (Å²) in [6, 6.07) is 16.0. The first-order valence-electron chi connectivity index (χ1n) is 9.94. The van der Waals surface area contributed by atoms with Gasteiger partial charge in [0.2, 0.25) is 11.7 Å². The minimum Gasteiger partial charge on any atom is -0.508 e. The summed E-state index contributed by atoms with van der Waals surface area (Å²) in [7, 11) is 0. The van der Waals surface area contributed by atoms with E-state index in [0.29, 0.717) is 26.8 Å². The van der Waals surface area contributed by atoms with E-state index in [4.69, 9.17) is 4.42 Å². The van der Waals surface area contributed by atoms with Crippen LogP contribution in [0.25, 0.3) is 32.7 Å². The third kappa shape index (κ3) is 3.80. The number of ketones is 1. The lowest BCUT2D eigenvalue weighted by atomic mass is 9.95. The van der Waals surface area contributed by atoms with Gasteiger partial charge in [0.25, 0.3) is 5.88 Å². The first-order chi connectivity index (χ1) is 16.2. The van der Waals surface area contributed by atoms with Gasteiger partial charge < -0.3 is 14.6 Å². The minimum absolute atomic E-state index is 0.0194. The molecule has 3 aromatic carbocycles. The molecule has 0 fully saturated rings.